The molecule has 0 saturated carbocycles. The number of rotatable bonds is 4. The molecule has 8 heteroatoms. The van der Waals surface area contributed by atoms with E-state index in [4.69, 9.17) is 5.11 Å². The fourth-order valence-corrected chi connectivity index (χ4v) is 2.68. The van der Waals surface area contributed by atoms with Gasteiger partial charge in [-0.25, -0.2) is 9.78 Å². The van der Waals surface area contributed by atoms with E-state index in [1.54, 1.807) is 6.92 Å². The minimum atomic E-state index is -4.66. The van der Waals surface area contributed by atoms with Crippen molar-refractivity contribution in [3.8, 4) is 11.3 Å². The second-order valence-corrected chi connectivity index (χ2v) is 5.81. The summed E-state index contributed by atoms with van der Waals surface area (Å²) < 4.78 is 39.4. The molecule has 0 aliphatic carbocycles. The summed E-state index contributed by atoms with van der Waals surface area (Å²) in [7, 11) is 0. The van der Waals surface area contributed by atoms with E-state index in [9.17, 15) is 22.8 Å². The van der Waals surface area contributed by atoms with E-state index in [2.05, 4.69) is 9.97 Å². The molecule has 0 bridgehead atoms. The molecular formula is C19H13F3N2O3. The maximum absolute atomic E-state index is 13.1. The lowest BCUT2D eigenvalue weighted by atomic mass is 10.0. The standard InChI is InChI=1S/C19H13F3N2O3/c1-10-15(11-6-8-12(9-7-11)18(26)27)24-17(23-10)16(25)13-4-2-3-5-14(13)19(20,21)22/h2-9H,1H3,(H,23,24)(H,26,27). The van der Waals surface area contributed by atoms with Crippen molar-refractivity contribution in [3.63, 3.8) is 0 Å². The van der Waals surface area contributed by atoms with Crippen LogP contribution in [0, 0.1) is 6.92 Å². The Balaban J connectivity index is 2.00. The molecule has 2 aromatic carbocycles. The number of carbonyl (C=O) groups is 2. The molecule has 138 valence electrons. The van der Waals surface area contributed by atoms with Gasteiger partial charge in [-0.1, -0.05) is 30.3 Å². The molecule has 0 amide bonds. The largest absolute Gasteiger partial charge is 0.478 e. The van der Waals surface area contributed by atoms with E-state index in [0.29, 0.717) is 17.0 Å². The summed E-state index contributed by atoms with van der Waals surface area (Å²) in [5.41, 5.74) is -0.0621. The maximum atomic E-state index is 13.1. The minimum Gasteiger partial charge on any atom is -0.478 e. The highest BCUT2D eigenvalue weighted by atomic mass is 19.4. The van der Waals surface area contributed by atoms with Gasteiger partial charge >= 0.3 is 12.1 Å². The van der Waals surface area contributed by atoms with Crippen molar-refractivity contribution in [2.45, 2.75) is 13.1 Å². The number of nitrogens with one attached hydrogen (secondary N) is 1. The molecule has 1 aromatic heterocycles. The van der Waals surface area contributed by atoms with Gasteiger partial charge in [0.2, 0.25) is 5.78 Å². The Morgan fingerprint density at radius 3 is 2.26 bits per heavy atom. The normalized spacial score (nSPS) is 11.4. The number of carbonyl (C=O) groups excluding carboxylic acids is 1. The first kappa shape index (κ1) is 18.4. The van der Waals surface area contributed by atoms with E-state index in [-0.39, 0.29) is 11.4 Å². The second kappa shape index (κ2) is 6.71. The average molecular weight is 374 g/mol. The number of hydrogen-bond acceptors (Lipinski definition) is 3. The van der Waals surface area contributed by atoms with Crippen molar-refractivity contribution in [2.75, 3.05) is 0 Å². The number of carboxylic acids is 1. The van der Waals surface area contributed by atoms with Crippen LogP contribution in [0.5, 0.6) is 0 Å². The summed E-state index contributed by atoms with van der Waals surface area (Å²) >= 11 is 0. The molecule has 0 unspecified atom stereocenters. The highest BCUT2D eigenvalue weighted by Crippen LogP contribution is 2.33. The molecule has 0 aliphatic heterocycles. The van der Waals surface area contributed by atoms with Gasteiger partial charge in [0.15, 0.2) is 5.82 Å². The lowest BCUT2D eigenvalue weighted by Gasteiger charge is -2.10. The van der Waals surface area contributed by atoms with Gasteiger partial charge in [0.05, 0.1) is 16.8 Å². The number of aryl methyl sites for hydroxylation is 1. The Hall–Kier alpha value is -3.42. The van der Waals surface area contributed by atoms with Crippen LogP contribution in [-0.2, 0) is 6.18 Å². The van der Waals surface area contributed by atoms with Crippen LogP contribution >= 0.6 is 0 Å². The number of halogens is 3. The summed E-state index contributed by atoms with van der Waals surface area (Å²) in [6.07, 6.45) is -4.66. The number of hydrogen-bond donors (Lipinski definition) is 2. The topological polar surface area (TPSA) is 83.0 Å². The number of H-pyrrole nitrogens is 1. The third kappa shape index (κ3) is 3.59. The monoisotopic (exact) mass is 374 g/mol. The third-order valence-electron chi connectivity index (χ3n) is 3.98. The molecule has 0 fully saturated rings. The average Bonchev–Trinajstić information content (AvgIpc) is 3.02. The van der Waals surface area contributed by atoms with Gasteiger partial charge in [-0.2, -0.15) is 13.2 Å². The van der Waals surface area contributed by atoms with Crippen molar-refractivity contribution >= 4 is 11.8 Å². The van der Waals surface area contributed by atoms with Crippen molar-refractivity contribution in [3.05, 3.63) is 76.7 Å². The van der Waals surface area contributed by atoms with Gasteiger partial charge in [-0.05, 0) is 25.1 Å². The van der Waals surface area contributed by atoms with Crippen LogP contribution in [0.4, 0.5) is 13.2 Å². The second-order valence-electron chi connectivity index (χ2n) is 5.81. The number of aromatic amines is 1. The van der Waals surface area contributed by atoms with Gasteiger partial charge in [0, 0.05) is 16.8 Å². The van der Waals surface area contributed by atoms with E-state index in [1.807, 2.05) is 0 Å². The Bertz CT molecular complexity index is 1020. The van der Waals surface area contributed by atoms with Crippen LogP contribution < -0.4 is 0 Å². The van der Waals surface area contributed by atoms with Crippen molar-refractivity contribution in [2.24, 2.45) is 0 Å². The summed E-state index contributed by atoms with van der Waals surface area (Å²) in [6.45, 7) is 1.62. The molecule has 0 atom stereocenters. The number of alkyl halides is 3. The zero-order valence-electron chi connectivity index (χ0n) is 14.0. The molecule has 1 heterocycles. The first-order valence-corrected chi connectivity index (χ1v) is 7.79. The lowest BCUT2D eigenvalue weighted by Crippen LogP contribution is -2.14. The Morgan fingerprint density at radius 2 is 1.67 bits per heavy atom. The van der Waals surface area contributed by atoms with E-state index < -0.39 is 29.1 Å². The van der Waals surface area contributed by atoms with Crippen molar-refractivity contribution in [1.82, 2.24) is 9.97 Å². The predicted molar refractivity (Wildman–Crippen MR) is 90.6 cm³/mol. The van der Waals surface area contributed by atoms with Gasteiger partial charge in [-0.3, -0.25) is 4.79 Å². The third-order valence-corrected chi connectivity index (χ3v) is 3.98. The van der Waals surface area contributed by atoms with Crippen LogP contribution in [0.15, 0.2) is 48.5 Å². The van der Waals surface area contributed by atoms with Gasteiger partial charge in [0.1, 0.15) is 0 Å². The Kier molecular flexibility index (Phi) is 4.57. The Labute approximate surface area is 151 Å². The van der Waals surface area contributed by atoms with Crippen molar-refractivity contribution in [1.29, 1.82) is 0 Å². The molecule has 27 heavy (non-hydrogen) atoms. The lowest BCUT2D eigenvalue weighted by molar-refractivity contribution is -0.137. The van der Waals surface area contributed by atoms with Gasteiger partial charge in [-0.15, -0.1) is 0 Å². The molecule has 0 radical (unpaired) electrons. The molecule has 3 aromatic rings. The smallest absolute Gasteiger partial charge is 0.417 e. The quantitative estimate of drug-likeness (QED) is 0.666. The maximum Gasteiger partial charge on any atom is 0.417 e. The first-order valence-electron chi connectivity index (χ1n) is 7.79. The zero-order chi connectivity index (χ0) is 19.8. The number of ketones is 1. The minimum absolute atomic E-state index is 0.0855. The van der Waals surface area contributed by atoms with Crippen LogP contribution in [0.3, 0.4) is 0 Å². The van der Waals surface area contributed by atoms with Crippen molar-refractivity contribution < 1.29 is 27.9 Å². The fourth-order valence-electron chi connectivity index (χ4n) is 2.68. The number of carboxylic acid groups (broad SMARTS) is 1. The molecule has 2 N–H and O–H groups in total. The van der Waals surface area contributed by atoms with E-state index >= 15 is 0 Å². The highest BCUT2D eigenvalue weighted by Gasteiger charge is 2.35. The Morgan fingerprint density at radius 1 is 1.04 bits per heavy atom. The molecule has 5 nitrogen and oxygen atoms in total. The van der Waals surface area contributed by atoms with E-state index in [1.165, 1.54) is 36.4 Å². The first-order chi connectivity index (χ1) is 12.7. The summed E-state index contributed by atoms with van der Waals surface area (Å²) in [4.78, 5) is 30.4. The number of aromatic nitrogens is 2. The number of aromatic carboxylic acids is 1. The van der Waals surface area contributed by atoms with Crippen LogP contribution in [-0.4, -0.2) is 26.8 Å². The van der Waals surface area contributed by atoms with Crippen LogP contribution in [0.1, 0.15) is 37.8 Å². The molecule has 0 aliphatic rings. The van der Waals surface area contributed by atoms with E-state index in [0.717, 1.165) is 12.1 Å². The fraction of sp³-hybridized carbons (Fsp3) is 0.105. The van der Waals surface area contributed by atoms with Gasteiger partial charge in [0.25, 0.3) is 0 Å². The molecular weight excluding hydrogens is 361 g/mol. The van der Waals surface area contributed by atoms with Crippen LogP contribution in [0.2, 0.25) is 0 Å². The predicted octanol–water partition coefficient (Wildman–Crippen LogP) is 4.33. The van der Waals surface area contributed by atoms with Crippen LogP contribution in [0.25, 0.3) is 11.3 Å². The van der Waals surface area contributed by atoms with Gasteiger partial charge < -0.3 is 10.1 Å². The molecule has 0 saturated heterocycles. The SMILES string of the molecule is Cc1[nH]c(C(=O)c2ccccc2C(F)(F)F)nc1-c1ccc(C(=O)O)cc1. The number of nitrogens with zero attached hydrogens (tertiary/aromatic N) is 1. The summed E-state index contributed by atoms with van der Waals surface area (Å²) in [5.74, 6) is -2.18. The highest BCUT2D eigenvalue weighted by molar-refractivity contribution is 6.08. The number of benzene rings is 2. The summed E-state index contributed by atoms with van der Waals surface area (Å²) in [6, 6.07) is 10.3. The molecule has 3 rings (SSSR count). The molecule has 0 spiro atoms. The zero-order valence-corrected chi connectivity index (χ0v) is 14.0. The summed E-state index contributed by atoms with van der Waals surface area (Å²) in [5, 5.41) is 8.94. The number of imidazole rings is 1.